The number of hydrogen-bond donors (Lipinski definition) is 0. The third-order valence-electron chi connectivity index (χ3n) is 15.4. The predicted molar refractivity (Wildman–Crippen MR) is 435 cm³/mol. The van der Waals surface area contributed by atoms with E-state index < -0.39 is 90.0 Å². The lowest BCUT2D eigenvalue weighted by molar-refractivity contribution is -0.272. The van der Waals surface area contributed by atoms with E-state index in [1.54, 1.807) is 98.3 Å². The van der Waals surface area contributed by atoms with Crippen molar-refractivity contribution in [2.24, 2.45) is 0 Å². The van der Waals surface area contributed by atoms with Gasteiger partial charge in [-0.1, -0.05) is 52.6 Å². The first-order valence-corrected chi connectivity index (χ1v) is 41.8. The minimum absolute atomic E-state index is 0.170. The van der Waals surface area contributed by atoms with Gasteiger partial charge in [0.05, 0.1) is 85.1 Å². The maximum Gasteiger partial charge on any atom is 0.335 e. The van der Waals surface area contributed by atoms with Crippen molar-refractivity contribution in [3.63, 3.8) is 0 Å². The van der Waals surface area contributed by atoms with E-state index >= 15 is 0 Å². The van der Waals surface area contributed by atoms with Gasteiger partial charge in [0, 0.05) is 69.6 Å². The van der Waals surface area contributed by atoms with Crippen molar-refractivity contribution in [1.29, 1.82) is 0 Å². The van der Waals surface area contributed by atoms with Gasteiger partial charge < -0.3 is 85.3 Å². The Kier molecular flexibility index (Phi) is 47.0. The number of hydrogen-bond acceptors (Lipinski definition) is 32. The maximum atomic E-state index is 11.4. The van der Waals surface area contributed by atoms with E-state index in [4.69, 9.17) is 85.3 Å². The number of thioether (sulfide) groups is 6. The van der Waals surface area contributed by atoms with Crippen LogP contribution in [0, 0.1) is 0 Å². The molecule has 0 amide bonds. The Morgan fingerprint density at radius 3 is 0.845 bits per heavy atom. The van der Waals surface area contributed by atoms with Crippen molar-refractivity contribution in [2.45, 2.75) is 241 Å². The summed E-state index contributed by atoms with van der Waals surface area (Å²) in [6, 6.07) is 0. The van der Waals surface area contributed by atoms with Crippen molar-refractivity contribution in [2.75, 3.05) is 101 Å². The van der Waals surface area contributed by atoms with Crippen molar-refractivity contribution in [3.05, 3.63) is 99.2 Å². The molecule has 8 unspecified atom stereocenters. The third kappa shape index (κ3) is 39.6. The standard InChI is InChI=1S/C11H18O3S.C10H16O4.3C10H16O3S.C9H14O4.2C9H14O3S/c1-8(2)9(12)14-10-11(3,4)15-7-5-6-13-10;1-7(2)8(11)14-9-10(3,4)13-6-5-12-9;1-7(2)8(11)13-9-10(3,4)12-5-6-14-9;1-7(2)8(11)13-9-10(3,4)14-6-5-12-9;1-4-8(11)13-9-10(2,3)14-7-5-6-12-9;1-4-7(10)13-8-9(2,3)12-6-5-11-8;1-4-7(10)12-8-9(2,3)11-5-6-13-8;1-4-7(10)12-8-9(2,3)13-6-5-11-8/h10H,1,5-7H2,2-4H3;3*9H,1,5-6H2,2-4H3;4,9H,1,5-7H2,2-3H3;3*4,8H,1,5-6H2,2-3H3. The minimum Gasteiger partial charge on any atom is -0.445 e. The molecule has 110 heavy (non-hydrogen) atoms. The van der Waals surface area contributed by atoms with Crippen LogP contribution in [-0.2, 0) is 124 Å². The highest BCUT2D eigenvalue weighted by molar-refractivity contribution is 8.01. The lowest BCUT2D eigenvalue weighted by Crippen LogP contribution is -2.48. The first-order chi connectivity index (χ1) is 51.0. The number of carbonyl (C=O) groups is 8. The van der Waals surface area contributed by atoms with Crippen LogP contribution in [0.4, 0.5) is 0 Å². The number of carbonyl (C=O) groups excluding carboxylic acids is 8. The highest BCUT2D eigenvalue weighted by atomic mass is 32.2. The average molecular weight is 1670 g/mol. The van der Waals surface area contributed by atoms with Crippen molar-refractivity contribution >= 4 is 118 Å². The molecule has 0 aliphatic carbocycles. The van der Waals surface area contributed by atoms with Crippen LogP contribution in [0.15, 0.2) is 99.2 Å². The number of ether oxygens (including phenoxy) is 18. The molecule has 8 atom stereocenters. The molecule has 0 N–H and O–H groups in total. The Morgan fingerprint density at radius 1 is 0.291 bits per heavy atom. The second kappa shape index (κ2) is 50.0. The first kappa shape index (κ1) is 103. The largest absolute Gasteiger partial charge is 0.445 e. The van der Waals surface area contributed by atoms with Gasteiger partial charge in [0.1, 0.15) is 22.4 Å². The third-order valence-corrected chi connectivity index (χ3v) is 23.6. The summed E-state index contributed by atoms with van der Waals surface area (Å²) in [6.07, 6.45) is 3.41. The SMILES string of the molecule is C=C(C)C(=O)OC1OCCCSC1(C)C.C=C(C)C(=O)OC1OCCOC1(C)C.C=C(C)C(=O)OC1OCCSC1(C)C.C=C(C)C(=O)OC1SCCOC1(C)C.C=CC(=O)OC1OCCCSC1(C)C.C=CC(=O)OC1OCCOC1(C)C.C=CC(=O)OC1OCCSC1(C)C.C=CC(=O)OC1SCCOC1(C)C. The van der Waals surface area contributed by atoms with Crippen LogP contribution in [0.2, 0.25) is 0 Å². The molecule has 0 aromatic rings. The quantitative estimate of drug-likeness (QED) is 0.0787. The van der Waals surface area contributed by atoms with Crippen molar-refractivity contribution < 1.29 is 124 Å². The summed E-state index contributed by atoms with van der Waals surface area (Å²) >= 11 is 10.2. The average Bonchev–Trinajstić information content (AvgIpc) is 1.15. The maximum absolute atomic E-state index is 11.4. The first-order valence-electron chi connectivity index (χ1n) is 35.8. The molecule has 0 aromatic heterocycles. The molecule has 26 nitrogen and oxygen atoms in total. The van der Waals surface area contributed by atoms with Crippen LogP contribution in [0.5, 0.6) is 0 Å². The van der Waals surface area contributed by atoms with E-state index in [0.29, 0.717) is 88.4 Å². The summed E-state index contributed by atoms with van der Waals surface area (Å²) in [4.78, 5) is 89.1. The van der Waals surface area contributed by atoms with Gasteiger partial charge in [-0.3, -0.25) is 0 Å². The zero-order valence-electron chi connectivity index (χ0n) is 68.4. The van der Waals surface area contributed by atoms with Gasteiger partial charge >= 0.3 is 47.8 Å². The summed E-state index contributed by atoms with van der Waals surface area (Å²) in [7, 11) is 0. The highest BCUT2D eigenvalue weighted by Gasteiger charge is 2.43. The lowest BCUT2D eigenvalue weighted by atomic mass is 10.1. The topological polar surface area (TPSA) is 303 Å². The van der Waals surface area contributed by atoms with Crippen molar-refractivity contribution in [1.82, 2.24) is 0 Å². The van der Waals surface area contributed by atoms with Gasteiger partial charge in [0.15, 0.2) is 10.9 Å². The smallest absolute Gasteiger partial charge is 0.335 e. The summed E-state index contributed by atoms with van der Waals surface area (Å²) in [5.41, 5.74) is -0.867. The van der Waals surface area contributed by atoms with E-state index in [1.807, 2.05) is 111 Å². The normalized spacial score (nSPS) is 25.9. The van der Waals surface area contributed by atoms with Gasteiger partial charge in [-0.2, -0.15) is 0 Å². The Bertz CT molecular complexity index is 2820. The fourth-order valence-corrected chi connectivity index (χ4v) is 14.9. The molecule has 0 radical (unpaired) electrons. The number of rotatable bonds is 16. The van der Waals surface area contributed by atoms with Crippen LogP contribution in [0.3, 0.4) is 0 Å². The highest BCUT2D eigenvalue weighted by Crippen LogP contribution is 2.39. The van der Waals surface area contributed by atoms with Crippen LogP contribution in [0.25, 0.3) is 0 Å². The molecule has 8 fully saturated rings. The van der Waals surface area contributed by atoms with E-state index in [2.05, 4.69) is 52.6 Å². The minimum atomic E-state index is -0.652. The molecule has 8 saturated heterocycles. The molecule has 628 valence electrons. The molecule has 0 bridgehead atoms. The molecular weight excluding hydrogens is 1550 g/mol. The Labute approximate surface area is 678 Å². The number of esters is 8. The Balaban J connectivity index is 0.000000629. The van der Waals surface area contributed by atoms with E-state index in [1.165, 1.54) is 6.08 Å². The fourth-order valence-electron chi connectivity index (χ4n) is 8.89. The van der Waals surface area contributed by atoms with Crippen molar-refractivity contribution in [3.8, 4) is 0 Å². The Hall–Kier alpha value is -4.62. The zero-order chi connectivity index (χ0) is 84.1. The van der Waals surface area contributed by atoms with Gasteiger partial charge in [-0.25, -0.2) is 38.4 Å². The molecule has 0 spiro atoms. The molecule has 0 aromatic carbocycles. The second-order valence-corrected chi connectivity index (χ2v) is 38.6. The van der Waals surface area contributed by atoms with Gasteiger partial charge in [0.2, 0.25) is 37.7 Å². The van der Waals surface area contributed by atoms with Gasteiger partial charge in [-0.15, -0.1) is 70.6 Å². The van der Waals surface area contributed by atoms with E-state index in [-0.39, 0.29) is 47.8 Å². The van der Waals surface area contributed by atoms with Crippen LogP contribution < -0.4 is 0 Å². The molecule has 0 saturated carbocycles. The molecule has 8 aliphatic rings. The van der Waals surface area contributed by atoms with E-state index in [9.17, 15) is 38.4 Å². The molecule has 8 aliphatic heterocycles. The van der Waals surface area contributed by atoms with Crippen LogP contribution in [0.1, 0.15) is 151 Å². The monoisotopic (exact) mass is 1670 g/mol. The lowest BCUT2D eigenvalue weighted by Gasteiger charge is -2.37. The van der Waals surface area contributed by atoms with Crippen LogP contribution >= 0.6 is 70.6 Å². The van der Waals surface area contributed by atoms with E-state index in [0.717, 1.165) is 65.6 Å². The second-order valence-electron chi connectivity index (χ2n) is 29.3. The predicted octanol–water partition coefficient (Wildman–Crippen LogP) is 13.6. The molecule has 8 rings (SSSR count). The van der Waals surface area contributed by atoms with Gasteiger partial charge in [0.25, 0.3) is 0 Å². The zero-order valence-corrected chi connectivity index (χ0v) is 73.3. The summed E-state index contributed by atoms with van der Waals surface area (Å²) in [5.74, 6) is 2.37. The molecular formula is C78H124O26S6. The van der Waals surface area contributed by atoms with Crippen LogP contribution in [-0.4, -0.2) is 238 Å². The molecule has 32 heteroatoms. The van der Waals surface area contributed by atoms with Gasteiger partial charge in [-0.05, 0) is 163 Å². The summed E-state index contributed by atoms with van der Waals surface area (Å²) < 4.78 is 94.5. The molecule has 8 heterocycles. The summed E-state index contributed by atoms with van der Waals surface area (Å²) in [6.45, 7) is 70.9. The fraction of sp³-hybridized carbons (Fsp3) is 0.692. The Morgan fingerprint density at radius 2 is 0.536 bits per heavy atom. The summed E-state index contributed by atoms with van der Waals surface area (Å²) in [5, 5.41) is 0.